The van der Waals surface area contributed by atoms with Gasteiger partial charge in [0.15, 0.2) is 0 Å². The van der Waals surface area contributed by atoms with Crippen LogP contribution in [0.25, 0.3) is 11.4 Å². The van der Waals surface area contributed by atoms with Gasteiger partial charge in [-0.15, -0.1) is 10.2 Å². The summed E-state index contributed by atoms with van der Waals surface area (Å²) < 4.78 is 0. The van der Waals surface area contributed by atoms with Gasteiger partial charge in [0.25, 0.3) is 11.8 Å². The molecule has 3 aromatic rings. The van der Waals surface area contributed by atoms with Gasteiger partial charge in [-0.1, -0.05) is 36.4 Å². The van der Waals surface area contributed by atoms with Crippen LogP contribution in [0.2, 0.25) is 0 Å². The highest BCUT2D eigenvalue weighted by atomic mass is 16.2. The molecular formula is C18H15N5O2. The van der Waals surface area contributed by atoms with Crippen LogP contribution in [0.15, 0.2) is 48.5 Å². The van der Waals surface area contributed by atoms with Gasteiger partial charge in [0.1, 0.15) is 0 Å². The summed E-state index contributed by atoms with van der Waals surface area (Å²) in [4.78, 5) is 27.3. The lowest BCUT2D eigenvalue weighted by Crippen LogP contribution is -2.33. The summed E-state index contributed by atoms with van der Waals surface area (Å²) in [6.07, 6.45) is 0. The standard InChI is InChI=1S/C18H15N5O2/c1-12-6-2-3-7-13(12)16-19-21-23(20-16)11-10-22-17(24)14-8-4-5-9-15(14)18(22)25/h2-9H,10-11H2,1H3. The van der Waals surface area contributed by atoms with Crippen molar-refractivity contribution in [3.63, 3.8) is 0 Å². The van der Waals surface area contributed by atoms with Gasteiger partial charge < -0.3 is 0 Å². The number of hydrogen-bond acceptors (Lipinski definition) is 5. The number of aromatic nitrogens is 4. The van der Waals surface area contributed by atoms with E-state index < -0.39 is 0 Å². The normalized spacial score (nSPS) is 13.4. The van der Waals surface area contributed by atoms with Crippen LogP contribution in [0.3, 0.4) is 0 Å². The fourth-order valence-corrected chi connectivity index (χ4v) is 2.90. The van der Waals surface area contributed by atoms with Gasteiger partial charge in [0, 0.05) is 5.56 Å². The van der Waals surface area contributed by atoms with Gasteiger partial charge in [-0.05, 0) is 29.8 Å². The molecule has 2 heterocycles. The number of hydrogen-bond donors (Lipinski definition) is 0. The smallest absolute Gasteiger partial charge is 0.261 e. The van der Waals surface area contributed by atoms with Crippen LogP contribution in [-0.2, 0) is 6.54 Å². The molecule has 0 unspecified atom stereocenters. The van der Waals surface area contributed by atoms with Gasteiger partial charge in [-0.2, -0.15) is 4.80 Å². The summed E-state index contributed by atoms with van der Waals surface area (Å²) in [5.41, 5.74) is 2.86. The number of aryl methyl sites for hydroxylation is 1. The van der Waals surface area contributed by atoms with E-state index >= 15 is 0 Å². The second kappa shape index (κ2) is 5.94. The molecule has 1 aliphatic heterocycles. The Morgan fingerprint density at radius 1 is 0.840 bits per heavy atom. The molecule has 0 aliphatic carbocycles. The van der Waals surface area contributed by atoms with Crippen LogP contribution >= 0.6 is 0 Å². The third-order valence-electron chi connectivity index (χ3n) is 4.24. The van der Waals surface area contributed by atoms with Crippen LogP contribution in [0.1, 0.15) is 26.3 Å². The minimum absolute atomic E-state index is 0.204. The average molecular weight is 333 g/mol. The first kappa shape index (κ1) is 15.2. The number of carbonyl (C=O) groups is 2. The van der Waals surface area contributed by atoms with Crippen molar-refractivity contribution in [3.8, 4) is 11.4 Å². The third kappa shape index (κ3) is 2.59. The van der Waals surface area contributed by atoms with Crippen molar-refractivity contribution < 1.29 is 9.59 Å². The highest BCUT2D eigenvalue weighted by Crippen LogP contribution is 2.22. The Hall–Kier alpha value is -3.35. The topological polar surface area (TPSA) is 81.0 Å². The number of fused-ring (bicyclic) bond motifs is 1. The first-order chi connectivity index (χ1) is 12.1. The predicted molar refractivity (Wildman–Crippen MR) is 89.8 cm³/mol. The number of rotatable bonds is 4. The minimum atomic E-state index is -0.278. The maximum Gasteiger partial charge on any atom is 0.261 e. The third-order valence-corrected chi connectivity index (χ3v) is 4.24. The van der Waals surface area contributed by atoms with Crippen molar-refractivity contribution in [2.24, 2.45) is 0 Å². The number of carbonyl (C=O) groups excluding carboxylic acids is 2. The molecule has 7 heteroatoms. The van der Waals surface area contributed by atoms with Gasteiger partial charge in [-0.3, -0.25) is 14.5 Å². The van der Waals surface area contributed by atoms with E-state index in [9.17, 15) is 9.59 Å². The predicted octanol–water partition coefficient (Wildman–Crippen LogP) is 1.94. The fraction of sp³-hybridized carbons (Fsp3) is 0.167. The van der Waals surface area contributed by atoms with Gasteiger partial charge in [0.05, 0.1) is 24.2 Å². The Morgan fingerprint density at radius 3 is 2.08 bits per heavy atom. The molecule has 1 aromatic heterocycles. The molecule has 0 N–H and O–H groups in total. The zero-order valence-corrected chi connectivity index (χ0v) is 13.6. The van der Waals surface area contributed by atoms with Crippen LogP contribution < -0.4 is 0 Å². The van der Waals surface area contributed by atoms with E-state index in [0.717, 1.165) is 11.1 Å². The molecule has 4 rings (SSSR count). The van der Waals surface area contributed by atoms with Crippen LogP contribution in [0.4, 0.5) is 0 Å². The second-order valence-electron chi connectivity index (χ2n) is 5.83. The largest absolute Gasteiger partial charge is 0.272 e. The number of benzene rings is 2. The highest BCUT2D eigenvalue weighted by Gasteiger charge is 2.34. The van der Waals surface area contributed by atoms with Crippen LogP contribution in [0, 0.1) is 6.92 Å². The lowest BCUT2D eigenvalue weighted by Gasteiger charge is -2.12. The van der Waals surface area contributed by atoms with Crippen molar-refractivity contribution in [1.29, 1.82) is 0 Å². The number of amides is 2. The molecule has 124 valence electrons. The molecule has 0 radical (unpaired) electrons. The molecule has 0 atom stereocenters. The van der Waals surface area contributed by atoms with Crippen molar-refractivity contribution in [2.45, 2.75) is 13.5 Å². The van der Waals surface area contributed by atoms with E-state index in [1.165, 1.54) is 9.70 Å². The first-order valence-electron chi connectivity index (χ1n) is 7.94. The molecule has 0 saturated heterocycles. The SMILES string of the molecule is Cc1ccccc1-c1nnn(CCN2C(=O)c3ccccc3C2=O)n1. The lowest BCUT2D eigenvalue weighted by atomic mass is 10.1. The van der Waals surface area contributed by atoms with Gasteiger partial charge >= 0.3 is 0 Å². The molecule has 2 amide bonds. The maximum absolute atomic E-state index is 12.3. The lowest BCUT2D eigenvalue weighted by molar-refractivity contribution is 0.0645. The number of tetrazole rings is 1. The van der Waals surface area contributed by atoms with E-state index in [4.69, 9.17) is 0 Å². The molecule has 7 nitrogen and oxygen atoms in total. The summed E-state index contributed by atoms with van der Waals surface area (Å²) in [7, 11) is 0. The molecular weight excluding hydrogens is 318 g/mol. The second-order valence-corrected chi connectivity index (χ2v) is 5.83. The summed E-state index contributed by atoms with van der Waals surface area (Å²) in [5, 5.41) is 12.4. The molecule has 0 spiro atoms. The number of nitrogens with zero attached hydrogens (tertiary/aromatic N) is 5. The van der Waals surface area contributed by atoms with Crippen LogP contribution in [-0.4, -0.2) is 43.5 Å². The summed E-state index contributed by atoms with van der Waals surface area (Å²) in [5.74, 6) is -0.0276. The Morgan fingerprint density at radius 2 is 1.44 bits per heavy atom. The van der Waals surface area contributed by atoms with E-state index in [0.29, 0.717) is 23.5 Å². The van der Waals surface area contributed by atoms with E-state index in [1.807, 2.05) is 31.2 Å². The molecule has 0 fully saturated rings. The molecule has 0 bridgehead atoms. The Labute approximate surface area is 143 Å². The number of imide groups is 1. The minimum Gasteiger partial charge on any atom is -0.272 e. The molecule has 25 heavy (non-hydrogen) atoms. The molecule has 1 aliphatic rings. The Bertz CT molecular complexity index is 944. The van der Waals surface area contributed by atoms with Crippen molar-refractivity contribution in [1.82, 2.24) is 25.1 Å². The van der Waals surface area contributed by atoms with Gasteiger partial charge in [0.2, 0.25) is 5.82 Å². The van der Waals surface area contributed by atoms with Crippen molar-refractivity contribution >= 4 is 11.8 Å². The summed E-state index contributed by atoms with van der Waals surface area (Å²) in [6, 6.07) is 14.6. The molecule has 2 aromatic carbocycles. The van der Waals surface area contributed by atoms with Crippen molar-refractivity contribution in [2.75, 3.05) is 6.54 Å². The monoisotopic (exact) mass is 333 g/mol. The average Bonchev–Trinajstić information content (AvgIpc) is 3.19. The highest BCUT2D eigenvalue weighted by molar-refractivity contribution is 6.21. The fourth-order valence-electron chi connectivity index (χ4n) is 2.90. The Kier molecular flexibility index (Phi) is 3.61. The Balaban J connectivity index is 1.49. The first-order valence-corrected chi connectivity index (χ1v) is 7.94. The molecule has 0 saturated carbocycles. The van der Waals surface area contributed by atoms with E-state index in [2.05, 4.69) is 15.4 Å². The van der Waals surface area contributed by atoms with Crippen LogP contribution in [0.5, 0.6) is 0 Å². The summed E-state index contributed by atoms with van der Waals surface area (Å²) in [6.45, 7) is 2.48. The van der Waals surface area contributed by atoms with Crippen molar-refractivity contribution in [3.05, 3.63) is 65.2 Å². The van der Waals surface area contributed by atoms with E-state index in [1.54, 1.807) is 24.3 Å². The zero-order valence-electron chi connectivity index (χ0n) is 13.6. The van der Waals surface area contributed by atoms with E-state index in [-0.39, 0.29) is 18.4 Å². The zero-order chi connectivity index (χ0) is 17.4. The maximum atomic E-state index is 12.3. The summed E-state index contributed by atoms with van der Waals surface area (Å²) >= 11 is 0. The quantitative estimate of drug-likeness (QED) is 0.682. The van der Waals surface area contributed by atoms with Gasteiger partial charge in [-0.25, -0.2) is 0 Å².